The van der Waals surface area contributed by atoms with Crippen molar-refractivity contribution < 1.29 is 0 Å². The molecule has 1 saturated heterocycles. The van der Waals surface area contributed by atoms with Crippen molar-refractivity contribution in [1.82, 2.24) is 9.80 Å². The summed E-state index contributed by atoms with van der Waals surface area (Å²) in [6.45, 7) is 3.22. The SMILES string of the molecule is CN1CCC(N(C)CC(Cl)=Cc2ccccc2)CC1. The number of benzene rings is 1. The van der Waals surface area contributed by atoms with Crippen LogP contribution in [0, 0.1) is 0 Å². The molecule has 2 nitrogen and oxygen atoms in total. The Kier molecular flexibility index (Phi) is 5.44. The Morgan fingerprint density at radius 1 is 1.32 bits per heavy atom. The number of nitrogens with zero attached hydrogens (tertiary/aromatic N) is 2. The molecule has 1 aromatic rings. The molecule has 0 atom stereocenters. The maximum absolute atomic E-state index is 6.37. The highest BCUT2D eigenvalue weighted by Gasteiger charge is 2.20. The minimum absolute atomic E-state index is 0.661. The van der Waals surface area contributed by atoms with E-state index in [1.54, 1.807) is 0 Å². The summed E-state index contributed by atoms with van der Waals surface area (Å²) >= 11 is 6.37. The normalized spacial score (nSPS) is 19.1. The van der Waals surface area contributed by atoms with Crippen molar-refractivity contribution in [3.8, 4) is 0 Å². The van der Waals surface area contributed by atoms with Gasteiger partial charge in [-0.1, -0.05) is 41.9 Å². The second-order valence-electron chi connectivity index (χ2n) is 5.45. The summed E-state index contributed by atoms with van der Waals surface area (Å²) < 4.78 is 0. The van der Waals surface area contributed by atoms with Crippen molar-refractivity contribution in [3.63, 3.8) is 0 Å². The molecule has 1 aromatic carbocycles. The maximum Gasteiger partial charge on any atom is 0.0341 e. The number of likely N-dealkylation sites (tertiary alicyclic amines) is 1. The van der Waals surface area contributed by atoms with Crippen LogP contribution in [0.5, 0.6) is 0 Å². The van der Waals surface area contributed by atoms with E-state index < -0.39 is 0 Å². The lowest BCUT2D eigenvalue weighted by Gasteiger charge is -2.35. The van der Waals surface area contributed by atoms with Gasteiger partial charge >= 0.3 is 0 Å². The van der Waals surface area contributed by atoms with E-state index in [0.717, 1.165) is 11.6 Å². The van der Waals surface area contributed by atoms with E-state index in [2.05, 4.69) is 42.1 Å². The first-order chi connectivity index (χ1) is 9.15. The average molecular weight is 279 g/mol. The van der Waals surface area contributed by atoms with Crippen molar-refractivity contribution in [2.75, 3.05) is 33.7 Å². The Morgan fingerprint density at radius 3 is 2.58 bits per heavy atom. The molecule has 0 N–H and O–H groups in total. The first kappa shape index (κ1) is 14.6. The fourth-order valence-corrected chi connectivity index (χ4v) is 2.89. The zero-order chi connectivity index (χ0) is 13.7. The highest BCUT2D eigenvalue weighted by atomic mass is 35.5. The molecule has 0 aliphatic carbocycles. The van der Waals surface area contributed by atoms with Gasteiger partial charge in [0, 0.05) is 17.6 Å². The Morgan fingerprint density at radius 2 is 1.95 bits per heavy atom. The van der Waals surface area contributed by atoms with E-state index >= 15 is 0 Å². The fraction of sp³-hybridized carbons (Fsp3) is 0.500. The van der Waals surface area contributed by atoms with Crippen LogP contribution < -0.4 is 0 Å². The summed E-state index contributed by atoms with van der Waals surface area (Å²) in [5, 5.41) is 0.910. The molecule has 1 aliphatic heterocycles. The Hall–Kier alpha value is -0.830. The van der Waals surface area contributed by atoms with E-state index in [1.165, 1.54) is 31.5 Å². The van der Waals surface area contributed by atoms with Gasteiger partial charge in [-0.2, -0.15) is 0 Å². The number of rotatable bonds is 4. The first-order valence-electron chi connectivity index (χ1n) is 6.95. The summed E-state index contributed by atoms with van der Waals surface area (Å²) in [6, 6.07) is 10.9. The van der Waals surface area contributed by atoms with Gasteiger partial charge in [-0.25, -0.2) is 0 Å². The Balaban J connectivity index is 1.88. The third-order valence-electron chi connectivity index (χ3n) is 3.83. The van der Waals surface area contributed by atoms with Crippen molar-refractivity contribution in [3.05, 3.63) is 40.9 Å². The monoisotopic (exact) mass is 278 g/mol. The van der Waals surface area contributed by atoms with E-state index in [4.69, 9.17) is 11.6 Å². The zero-order valence-corrected chi connectivity index (χ0v) is 12.6. The smallest absolute Gasteiger partial charge is 0.0341 e. The standard InChI is InChI=1S/C16H23ClN2/c1-18-10-8-16(9-11-18)19(2)13-15(17)12-14-6-4-3-5-7-14/h3-7,12,16H,8-11,13H2,1-2H3. The van der Waals surface area contributed by atoms with Gasteiger partial charge in [0.25, 0.3) is 0 Å². The van der Waals surface area contributed by atoms with Crippen molar-refractivity contribution in [2.24, 2.45) is 0 Å². The van der Waals surface area contributed by atoms with Crippen LogP contribution in [0.25, 0.3) is 6.08 Å². The predicted molar refractivity (Wildman–Crippen MR) is 83.4 cm³/mol. The van der Waals surface area contributed by atoms with Gasteiger partial charge in [-0.3, -0.25) is 4.90 Å². The number of hydrogen-bond donors (Lipinski definition) is 0. The lowest BCUT2D eigenvalue weighted by molar-refractivity contribution is 0.154. The van der Waals surface area contributed by atoms with E-state index in [9.17, 15) is 0 Å². The molecule has 104 valence electrons. The maximum atomic E-state index is 6.37. The molecule has 0 spiro atoms. The quantitative estimate of drug-likeness (QED) is 0.834. The molecule has 0 amide bonds. The van der Waals surface area contributed by atoms with E-state index in [0.29, 0.717) is 6.04 Å². The number of likely N-dealkylation sites (N-methyl/N-ethyl adjacent to an activating group) is 1. The van der Waals surface area contributed by atoms with Crippen molar-refractivity contribution >= 4 is 17.7 Å². The van der Waals surface area contributed by atoms with Crippen molar-refractivity contribution in [1.29, 1.82) is 0 Å². The average Bonchev–Trinajstić information content (AvgIpc) is 2.40. The molecule has 0 unspecified atom stereocenters. The third-order valence-corrected chi connectivity index (χ3v) is 4.06. The highest BCUT2D eigenvalue weighted by molar-refractivity contribution is 6.31. The van der Waals surface area contributed by atoms with Gasteiger partial charge < -0.3 is 4.90 Å². The van der Waals surface area contributed by atoms with Crippen LogP contribution in [0.2, 0.25) is 0 Å². The fourth-order valence-electron chi connectivity index (χ4n) is 2.58. The van der Waals surface area contributed by atoms with Crippen molar-refractivity contribution in [2.45, 2.75) is 18.9 Å². The Labute approximate surface area is 121 Å². The van der Waals surface area contributed by atoms with Crippen LogP contribution in [0.4, 0.5) is 0 Å². The molecule has 1 heterocycles. The lowest BCUT2D eigenvalue weighted by atomic mass is 10.0. The minimum Gasteiger partial charge on any atom is -0.306 e. The zero-order valence-electron chi connectivity index (χ0n) is 11.8. The second kappa shape index (κ2) is 7.09. The molecule has 0 bridgehead atoms. The summed E-state index contributed by atoms with van der Waals surface area (Å²) in [7, 11) is 4.37. The summed E-state index contributed by atoms with van der Waals surface area (Å²) in [4.78, 5) is 4.78. The van der Waals surface area contributed by atoms with Crippen LogP contribution in [0.1, 0.15) is 18.4 Å². The topological polar surface area (TPSA) is 6.48 Å². The largest absolute Gasteiger partial charge is 0.306 e. The van der Waals surface area contributed by atoms with Gasteiger partial charge in [0.05, 0.1) is 0 Å². The lowest BCUT2D eigenvalue weighted by Crippen LogP contribution is -2.42. The Bertz CT molecular complexity index is 408. The van der Waals surface area contributed by atoms with E-state index in [-0.39, 0.29) is 0 Å². The molecule has 0 radical (unpaired) electrons. The van der Waals surface area contributed by atoms with Crippen LogP contribution in [-0.2, 0) is 0 Å². The molecule has 19 heavy (non-hydrogen) atoms. The van der Waals surface area contributed by atoms with Gasteiger partial charge in [-0.15, -0.1) is 0 Å². The molecule has 3 heteroatoms. The molecule has 0 aromatic heterocycles. The third kappa shape index (κ3) is 4.64. The predicted octanol–water partition coefficient (Wildman–Crippen LogP) is 3.29. The van der Waals surface area contributed by atoms with Gasteiger partial charge in [0.1, 0.15) is 0 Å². The summed E-state index contributed by atoms with van der Waals surface area (Å²) in [5.74, 6) is 0. The van der Waals surface area contributed by atoms with Crippen LogP contribution >= 0.6 is 11.6 Å². The highest BCUT2D eigenvalue weighted by Crippen LogP contribution is 2.17. The number of hydrogen-bond acceptors (Lipinski definition) is 2. The first-order valence-corrected chi connectivity index (χ1v) is 7.33. The molecule has 0 saturated carbocycles. The minimum atomic E-state index is 0.661. The molecule has 1 fully saturated rings. The summed E-state index contributed by atoms with van der Waals surface area (Å²) in [6.07, 6.45) is 4.54. The van der Waals surface area contributed by atoms with Gasteiger partial charge in [0.2, 0.25) is 0 Å². The van der Waals surface area contributed by atoms with Crippen LogP contribution in [0.3, 0.4) is 0 Å². The van der Waals surface area contributed by atoms with Gasteiger partial charge in [-0.05, 0) is 51.7 Å². The second-order valence-corrected chi connectivity index (χ2v) is 5.94. The molecule has 2 rings (SSSR count). The van der Waals surface area contributed by atoms with E-state index in [1.807, 2.05) is 18.2 Å². The molecular formula is C16H23ClN2. The van der Waals surface area contributed by atoms with Gasteiger partial charge in [0.15, 0.2) is 0 Å². The molecule has 1 aliphatic rings. The molecular weight excluding hydrogens is 256 g/mol. The van der Waals surface area contributed by atoms with Crippen LogP contribution in [0.15, 0.2) is 35.4 Å². The number of halogens is 1. The number of piperidine rings is 1. The van der Waals surface area contributed by atoms with Crippen LogP contribution in [-0.4, -0.2) is 49.6 Å². The summed E-state index contributed by atoms with van der Waals surface area (Å²) in [5.41, 5.74) is 1.17.